The standard InChI is InChI=1S/C26H30N6O/c1-17-13-19-14-20(5-8-24(19)32(17)3)26(27-2)10-12-29-25(31-26)28-11-9-18-16-30-23-7-6-21(33-4)15-22(18)23/h5-8,10,12-16,27,30H,9,11H2,1-4H3,(H2,28,29,31). The van der Waals surface area contributed by atoms with E-state index in [-0.39, 0.29) is 0 Å². The Morgan fingerprint density at radius 2 is 2.03 bits per heavy atom. The van der Waals surface area contributed by atoms with Gasteiger partial charge in [-0.15, -0.1) is 0 Å². The predicted octanol–water partition coefficient (Wildman–Crippen LogP) is 3.65. The maximum absolute atomic E-state index is 5.38. The summed E-state index contributed by atoms with van der Waals surface area (Å²) in [6, 6.07) is 14.9. The van der Waals surface area contributed by atoms with E-state index in [0.717, 1.165) is 29.2 Å². The van der Waals surface area contributed by atoms with Crippen LogP contribution in [0.2, 0.25) is 0 Å². The number of guanidine groups is 1. The van der Waals surface area contributed by atoms with Crippen LogP contribution in [0.5, 0.6) is 5.75 Å². The highest BCUT2D eigenvalue weighted by molar-refractivity contribution is 5.86. The van der Waals surface area contributed by atoms with Crippen LogP contribution in [0.15, 0.2) is 65.9 Å². The number of aliphatic imine (C=N–C) groups is 1. The Labute approximate surface area is 193 Å². The molecule has 4 aromatic rings. The molecule has 33 heavy (non-hydrogen) atoms. The van der Waals surface area contributed by atoms with Gasteiger partial charge < -0.3 is 24.9 Å². The number of fused-ring (bicyclic) bond motifs is 2. The molecule has 0 spiro atoms. The molecule has 7 heteroatoms. The average Bonchev–Trinajstić information content (AvgIpc) is 3.38. The summed E-state index contributed by atoms with van der Waals surface area (Å²) in [5, 5.41) is 12.7. The first kappa shape index (κ1) is 21.2. The number of likely N-dealkylation sites (N-methyl/N-ethyl adjacent to an activating group) is 1. The number of aromatic amines is 1. The quantitative estimate of drug-likeness (QED) is 0.368. The first-order chi connectivity index (χ1) is 16.0. The third-order valence-corrected chi connectivity index (χ3v) is 6.63. The molecular weight excluding hydrogens is 412 g/mol. The summed E-state index contributed by atoms with van der Waals surface area (Å²) in [6.45, 7) is 2.79. The van der Waals surface area contributed by atoms with E-state index in [2.05, 4.69) is 82.1 Å². The highest BCUT2D eigenvalue weighted by Gasteiger charge is 2.31. The molecule has 5 rings (SSSR count). The molecule has 4 N–H and O–H groups in total. The van der Waals surface area contributed by atoms with Gasteiger partial charge in [-0.3, -0.25) is 10.3 Å². The first-order valence-electron chi connectivity index (χ1n) is 11.2. The second-order valence-corrected chi connectivity index (χ2v) is 8.48. The average molecular weight is 443 g/mol. The van der Waals surface area contributed by atoms with Gasteiger partial charge in [-0.1, -0.05) is 6.07 Å². The molecule has 0 fully saturated rings. The number of rotatable bonds is 6. The summed E-state index contributed by atoms with van der Waals surface area (Å²) in [4.78, 5) is 8.14. The molecule has 1 aliphatic rings. The van der Waals surface area contributed by atoms with Crippen LogP contribution in [0, 0.1) is 6.92 Å². The first-order valence-corrected chi connectivity index (χ1v) is 11.2. The molecule has 0 saturated heterocycles. The third-order valence-electron chi connectivity index (χ3n) is 6.63. The number of hydrogen-bond acceptors (Lipinski definition) is 3. The summed E-state index contributed by atoms with van der Waals surface area (Å²) in [7, 11) is 5.75. The Morgan fingerprint density at radius 1 is 1.15 bits per heavy atom. The van der Waals surface area contributed by atoms with Crippen LogP contribution in [-0.4, -0.2) is 36.2 Å². The molecule has 0 saturated carbocycles. The number of nitrogens with zero attached hydrogens (tertiary/aromatic N) is 2. The molecule has 0 bridgehead atoms. The monoisotopic (exact) mass is 442 g/mol. The molecule has 2 aromatic carbocycles. The number of aromatic nitrogens is 2. The number of methoxy groups -OCH3 is 1. The Morgan fingerprint density at radius 3 is 2.85 bits per heavy atom. The molecule has 2 aromatic heterocycles. The van der Waals surface area contributed by atoms with Crippen molar-refractivity contribution in [1.29, 1.82) is 0 Å². The van der Waals surface area contributed by atoms with Gasteiger partial charge in [0.15, 0.2) is 5.96 Å². The van der Waals surface area contributed by atoms with Crippen molar-refractivity contribution in [3.63, 3.8) is 0 Å². The number of H-pyrrole nitrogens is 1. The van der Waals surface area contributed by atoms with Crippen molar-refractivity contribution in [3.8, 4) is 5.75 Å². The third kappa shape index (κ3) is 3.74. The zero-order valence-electron chi connectivity index (χ0n) is 19.5. The second kappa shape index (κ2) is 8.33. The fourth-order valence-corrected chi connectivity index (χ4v) is 4.57. The molecular formula is C26H30N6O. The largest absolute Gasteiger partial charge is 0.497 e. The molecule has 170 valence electrons. The van der Waals surface area contributed by atoms with Crippen LogP contribution in [0.4, 0.5) is 0 Å². The highest BCUT2D eigenvalue weighted by atomic mass is 16.5. The van der Waals surface area contributed by atoms with Crippen LogP contribution in [-0.2, 0) is 19.1 Å². The smallest absolute Gasteiger partial charge is 0.197 e. The van der Waals surface area contributed by atoms with Crippen LogP contribution in [0.3, 0.4) is 0 Å². The second-order valence-electron chi connectivity index (χ2n) is 8.48. The van der Waals surface area contributed by atoms with Gasteiger partial charge in [0.25, 0.3) is 0 Å². The minimum Gasteiger partial charge on any atom is -0.497 e. The van der Waals surface area contributed by atoms with E-state index in [0.29, 0.717) is 6.54 Å². The van der Waals surface area contributed by atoms with Gasteiger partial charge in [-0.25, -0.2) is 0 Å². The summed E-state index contributed by atoms with van der Waals surface area (Å²) in [6.07, 6.45) is 6.92. The minimum atomic E-state index is -0.532. The van der Waals surface area contributed by atoms with Crippen molar-refractivity contribution in [2.45, 2.75) is 19.0 Å². The molecule has 0 amide bonds. The lowest BCUT2D eigenvalue weighted by molar-refractivity contribution is 0.409. The van der Waals surface area contributed by atoms with E-state index >= 15 is 0 Å². The maximum atomic E-state index is 5.38. The van der Waals surface area contributed by atoms with Crippen molar-refractivity contribution >= 4 is 27.8 Å². The van der Waals surface area contributed by atoms with Gasteiger partial charge in [-0.05, 0) is 74.0 Å². The van der Waals surface area contributed by atoms with E-state index in [1.165, 1.54) is 27.5 Å². The number of aryl methyl sites for hydroxylation is 2. The predicted molar refractivity (Wildman–Crippen MR) is 135 cm³/mol. The molecule has 1 aliphatic heterocycles. The summed E-state index contributed by atoms with van der Waals surface area (Å²) < 4.78 is 7.59. The van der Waals surface area contributed by atoms with E-state index in [1.54, 1.807) is 7.11 Å². The van der Waals surface area contributed by atoms with Gasteiger partial charge in [0.05, 0.1) is 7.11 Å². The highest BCUT2D eigenvalue weighted by Crippen LogP contribution is 2.27. The molecule has 0 radical (unpaired) electrons. The minimum absolute atomic E-state index is 0.532. The topological polar surface area (TPSA) is 78.4 Å². The zero-order valence-corrected chi connectivity index (χ0v) is 19.5. The molecule has 1 atom stereocenters. The van der Waals surface area contributed by atoms with Gasteiger partial charge in [0.2, 0.25) is 0 Å². The maximum Gasteiger partial charge on any atom is 0.197 e. The van der Waals surface area contributed by atoms with Crippen molar-refractivity contribution in [2.24, 2.45) is 12.0 Å². The number of ether oxygens (including phenoxy) is 1. The Kier molecular flexibility index (Phi) is 5.34. The van der Waals surface area contributed by atoms with Crippen LogP contribution >= 0.6 is 0 Å². The lowest BCUT2D eigenvalue weighted by Gasteiger charge is -2.36. The SMILES string of the molecule is CNC1(c2ccc3c(c2)cc(C)n3C)C=CNC(=NCCc2c[nH]c3ccc(OC)cc23)N1. The normalized spacial score (nSPS) is 19.2. The lowest BCUT2D eigenvalue weighted by Crippen LogP contribution is -2.58. The molecule has 3 heterocycles. The van der Waals surface area contributed by atoms with E-state index in [9.17, 15) is 0 Å². The van der Waals surface area contributed by atoms with Crippen molar-refractivity contribution in [1.82, 2.24) is 25.5 Å². The number of hydrogen-bond donors (Lipinski definition) is 4. The van der Waals surface area contributed by atoms with Crippen molar-refractivity contribution < 1.29 is 4.74 Å². The zero-order chi connectivity index (χ0) is 23.0. The van der Waals surface area contributed by atoms with Gasteiger partial charge >= 0.3 is 0 Å². The lowest BCUT2D eigenvalue weighted by atomic mass is 9.97. The van der Waals surface area contributed by atoms with E-state index < -0.39 is 5.66 Å². The number of nitrogens with one attached hydrogen (secondary N) is 4. The molecule has 1 unspecified atom stereocenters. The van der Waals surface area contributed by atoms with Gasteiger partial charge in [0.1, 0.15) is 11.4 Å². The van der Waals surface area contributed by atoms with Gasteiger partial charge in [0, 0.05) is 53.5 Å². The van der Waals surface area contributed by atoms with Crippen molar-refractivity contribution in [3.05, 3.63) is 77.8 Å². The Balaban J connectivity index is 1.36. The summed E-state index contributed by atoms with van der Waals surface area (Å²) in [5.74, 6) is 1.61. The molecule has 7 nitrogen and oxygen atoms in total. The number of benzene rings is 2. The van der Waals surface area contributed by atoms with Crippen LogP contribution in [0.1, 0.15) is 16.8 Å². The van der Waals surface area contributed by atoms with Gasteiger partial charge in [-0.2, -0.15) is 0 Å². The summed E-state index contributed by atoms with van der Waals surface area (Å²) >= 11 is 0. The van der Waals surface area contributed by atoms with E-state index in [1.807, 2.05) is 25.4 Å². The fraction of sp³-hybridized carbons (Fsp3) is 0.269. The van der Waals surface area contributed by atoms with E-state index in [4.69, 9.17) is 9.73 Å². The fourth-order valence-electron chi connectivity index (χ4n) is 4.57. The summed E-state index contributed by atoms with van der Waals surface area (Å²) in [5.41, 5.74) is 5.41. The Hall–Kier alpha value is -3.71. The van der Waals surface area contributed by atoms with Crippen molar-refractivity contribution in [2.75, 3.05) is 20.7 Å². The van der Waals surface area contributed by atoms with Crippen LogP contribution in [0.25, 0.3) is 21.8 Å². The Bertz CT molecular complexity index is 1380. The van der Waals surface area contributed by atoms with Crippen LogP contribution < -0.4 is 20.7 Å². The molecule has 0 aliphatic carbocycles.